The van der Waals surface area contributed by atoms with E-state index in [1.807, 2.05) is 0 Å². The zero-order valence-corrected chi connectivity index (χ0v) is 10.8. The predicted molar refractivity (Wildman–Crippen MR) is 18.8 cm³/mol. The third-order valence-corrected chi connectivity index (χ3v) is 0.152. The largest absolute Gasteiger partial charge is 0.545 e. The molecule has 9 heavy (non-hydrogen) atoms. The van der Waals surface area contributed by atoms with Crippen molar-refractivity contribution in [3.8, 4) is 0 Å². The molecule has 0 aromatic heterocycles. The summed E-state index contributed by atoms with van der Waals surface area (Å²) in [7, 11) is 0. The Hall–Kier alpha value is -1.61. The number of alkyl halides is 4. The molecule has 1 nitrogen and oxygen atoms in total. The molecule has 0 radical (unpaired) electrons. The Morgan fingerprint density at radius 1 is 1.22 bits per heavy atom. The molecule has 52 valence electrons. The van der Waals surface area contributed by atoms with Crippen molar-refractivity contribution < 1.29 is 22.4 Å². The summed E-state index contributed by atoms with van der Waals surface area (Å²) >= 11 is 0. The molecule has 0 bridgehead atoms. The Morgan fingerprint density at radius 2 is 1.33 bits per heavy atom. The summed E-state index contributed by atoms with van der Waals surface area (Å²) in [6.45, 7) is 1.02. The Balaban J connectivity index is -0.000000109. The minimum Gasteiger partial charge on any atom is -0.545 e. The zero-order chi connectivity index (χ0) is 7.21. The van der Waals surface area contributed by atoms with Crippen LogP contribution < -0.4 is 0 Å². The fraction of sp³-hybridized carbons (Fsp3) is 0.667. The van der Waals surface area contributed by atoms with E-state index in [0.717, 1.165) is 0 Å². The van der Waals surface area contributed by atoms with Gasteiger partial charge in [-0.3, -0.25) is 6.79 Å². The molecular formula is C3H3F4ORf-. The molecule has 0 saturated heterocycles. The number of rotatable bonds is 0. The first-order valence-corrected chi connectivity index (χ1v) is 1.42. The molecule has 0 N–H and O–H groups in total. The first-order valence-electron chi connectivity index (χ1n) is 1.42. The molecule has 0 saturated carbocycles. The van der Waals surface area contributed by atoms with Crippen LogP contribution in [0.25, 0.3) is 0 Å². The second-order valence-electron chi connectivity index (χ2n) is 0.749. The van der Waals surface area contributed by atoms with Crippen molar-refractivity contribution in [1.29, 1.82) is 0 Å². The van der Waals surface area contributed by atoms with Crippen molar-refractivity contribution in [2.24, 2.45) is 0 Å². The average Bonchev–Trinajstić information content (AvgIpc) is 1.71. The van der Waals surface area contributed by atoms with Gasteiger partial charge in [0.05, 0.1) is 0 Å². The van der Waals surface area contributed by atoms with E-state index >= 15 is 0 Å². The van der Waals surface area contributed by atoms with E-state index in [-0.39, 0.29) is 0 Å². The summed E-state index contributed by atoms with van der Waals surface area (Å²) in [5.41, 5.74) is 0. The van der Waals surface area contributed by atoms with E-state index < -0.39 is 12.9 Å². The summed E-state index contributed by atoms with van der Waals surface area (Å²) < 4.78 is 41.6. The number of hydrogen-bond acceptors (Lipinski definition) is 1. The minimum absolute atomic E-state index is 0. The van der Waals surface area contributed by atoms with Crippen LogP contribution in [0.2, 0.25) is 0 Å². The molecule has 0 fully saturated rings. The monoisotopic (exact) mass is 398 g/mol. The van der Waals surface area contributed by atoms with Crippen LogP contribution in [0.5, 0.6) is 0 Å². The second-order valence-corrected chi connectivity index (χ2v) is 0.749. The van der Waals surface area contributed by atoms with Gasteiger partial charge < -0.3 is 4.79 Å². The molecular weight excluding hydrogens is 395 g/mol. The topological polar surface area (TPSA) is 17.1 Å². The van der Waals surface area contributed by atoms with Crippen molar-refractivity contribution in [2.75, 3.05) is 6.67 Å². The first-order chi connectivity index (χ1) is 3.56. The van der Waals surface area contributed by atoms with Gasteiger partial charge in [-0.15, -0.1) is 0 Å². The van der Waals surface area contributed by atoms with Gasteiger partial charge in [0.25, 0.3) is 0 Å². The number of carbonyl (C=O) groups excluding carboxylic acids is 1. The van der Waals surface area contributed by atoms with Crippen molar-refractivity contribution >= 4 is 6.79 Å². The van der Waals surface area contributed by atoms with Crippen LogP contribution in [0.1, 0.15) is 0 Å². The molecule has 0 aliphatic carbocycles. The summed E-state index contributed by atoms with van der Waals surface area (Å²) in [6.07, 6.45) is -4.62. The van der Waals surface area contributed by atoms with E-state index in [1.165, 1.54) is 0 Å². The fourth-order valence-corrected chi connectivity index (χ4v) is 0. The average molecular weight is 398 g/mol. The molecule has 0 heterocycles. The van der Waals surface area contributed by atoms with Gasteiger partial charge in [0.2, 0.25) is 0 Å². The van der Waals surface area contributed by atoms with Crippen LogP contribution in [0.15, 0.2) is 0 Å². The van der Waals surface area contributed by atoms with Gasteiger partial charge >= 0.3 is 6.18 Å². The number of halogens is 4. The Labute approximate surface area is 43.3 Å². The van der Waals surface area contributed by atoms with Gasteiger partial charge in [-0.05, 0) is 0 Å². The molecule has 0 aliphatic rings. The molecule has 0 amide bonds. The maximum absolute atomic E-state index is 10.4. The standard InChI is InChI=1S/C2H2F4.CHO.Rf/c3-1-2(4,5)6;1-2;/h1H2;1H;/q;-1;. The molecule has 0 aliphatic heterocycles. The Bertz CT molecular complexity index is 54.3. The molecule has 6 heteroatoms. The summed E-state index contributed by atoms with van der Waals surface area (Å²) in [6, 6.07) is 0. The van der Waals surface area contributed by atoms with Gasteiger partial charge in [-0.2, -0.15) is 13.2 Å². The molecule has 0 rings (SSSR count). The Kier molecular flexibility index (Phi) is 11.1. The van der Waals surface area contributed by atoms with E-state index in [2.05, 4.69) is 6.79 Å². The van der Waals surface area contributed by atoms with Crippen molar-refractivity contribution in [1.82, 2.24) is 0 Å². The van der Waals surface area contributed by atoms with Crippen LogP contribution in [0.3, 0.4) is 0 Å². The second kappa shape index (κ2) is 6.39. The van der Waals surface area contributed by atoms with Gasteiger partial charge in [0.1, 0.15) is 0 Å². The van der Waals surface area contributed by atoms with Crippen LogP contribution in [-0.4, -0.2) is 19.6 Å². The van der Waals surface area contributed by atoms with Gasteiger partial charge in [-0.1, -0.05) is 0 Å². The smallest absolute Gasteiger partial charge is 0.416 e. The first kappa shape index (κ1) is 15.7. The zero-order valence-electron chi connectivity index (χ0n) is 4.41. The predicted octanol–water partition coefficient (Wildman–Crippen LogP) is 1.24. The quantitative estimate of drug-likeness (QED) is 0.341. The van der Waals surface area contributed by atoms with Crippen LogP contribution in [0.4, 0.5) is 17.6 Å². The van der Waals surface area contributed by atoms with Crippen molar-refractivity contribution in [3.63, 3.8) is 0 Å². The van der Waals surface area contributed by atoms with Crippen LogP contribution in [-0.2, 0) is 4.79 Å². The minimum atomic E-state index is -4.62. The normalized spacial score (nSPS) is 8.44. The molecule has 0 atom stereocenters. The van der Waals surface area contributed by atoms with Gasteiger partial charge in [-0.25, -0.2) is 4.39 Å². The summed E-state index contributed by atoms with van der Waals surface area (Å²) in [4.78, 5) is 7.75. The number of hydrogen-bond donors (Lipinski definition) is 0. The third kappa shape index (κ3) is 63.7. The van der Waals surface area contributed by atoms with E-state index in [0.29, 0.717) is 0 Å². The maximum Gasteiger partial charge on any atom is 0.416 e. The SMILES string of the molecule is FCC(F)(F)F.[CH-]=O.[Rf]. The van der Waals surface area contributed by atoms with Crippen molar-refractivity contribution in [2.45, 2.75) is 6.18 Å². The van der Waals surface area contributed by atoms with Crippen molar-refractivity contribution in [3.05, 3.63) is 0 Å². The molecule has 0 aromatic carbocycles. The van der Waals surface area contributed by atoms with Crippen LogP contribution in [0, 0.1) is 0 Å². The Morgan fingerprint density at radius 3 is 1.33 bits per heavy atom. The van der Waals surface area contributed by atoms with E-state index in [4.69, 9.17) is 4.79 Å². The summed E-state index contributed by atoms with van der Waals surface area (Å²) in [5.74, 6) is 0. The maximum atomic E-state index is 10.4. The third-order valence-electron chi connectivity index (χ3n) is 0.152. The van der Waals surface area contributed by atoms with Gasteiger partial charge in [0.15, 0.2) is 6.67 Å². The van der Waals surface area contributed by atoms with Crippen LogP contribution >= 0.6 is 0 Å². The molecule has 0 unspecified atom stereocenters. The fourth-order valence-electron chi connectivity index (χ4n) is 0. The van der Waals surface area contributed by atoms with E-state index in [1.54, 1.807) is 0 Å². The van der Waals surface area contributed by atoms with Gasteiger partial charge in [0, 0.05) is 0 Å². The summed E-state index contributed by atoms with van der Waals surface area (Å²) in [5, 5.41) is 0. The van der Waals surface area contributed by atoms with E-state index in [9.17, 15) is 17.6 Å². The molecule has 0 aromatic rings. The molecule has 0 spiro atoms.